The molecule has 2 atom stereocenters. The molecule has 0 spiro atoms. The Hall–Kier alpha value is -3.06. The van der Waals surface area contributed by atoms with E-state index >= 15 is 0 Å². The number of aromatic nitrogens is 5. The van der Waals surface area contributed by atoms with E-state index in [0.717, 1.165) is 24.2 Å². The minimum Gasteiger partial charge on any atom is -0.507 e. The van der Waals surface area contributed by atoms with E-state index in [-0.39, 0.29) is 11.3 Å². The second kappa shape index (κ2) is 7.08. The highest BCUT2D eigenvalue weighted by atomic mass is 16.3. The zero-order valence-corrected chi connectivity index (χ0v) is 16.4. The Labute approximate surface area is 169 Å². The molecule has 29 heavy (non-hydrogen) atoms. The lowest BCUT2D eigenvalue weighted by Crippen LogP contribution is -2.55. The van der Waals surface area contributed by atoms with Crippen LogP contribution in [0.25, 0.3) is 23.2 Å². The molecule has 0 radical (unpaired) electrons. The molecule has 7 nitrogen and oxygen atoms in total. The maximum Gasteiger partial charge on any atom is 0.185 e. The molecule has 5 rings (SSSR count). The van der Waals surface area contributed by atoms with Crippen LogP contribution in [0.5, 0.6) is 5.75 Å². The summed E-state index contributed by atoms with van der Waals surface area (Å²) in [5, 5.41) is 22.8. The van der Waals surface area contributed by atoms with E-state index in [9.17, 15) is 5.11 Å². The van der Waals surface area contributed by atoms with Crippen molar-refractivity contribution in [3.05, 3.63) is 54.4 Å². The summed E-state index contributed by atoms with van der Waals surface area (Å²) in [6.07, 6.45) is 14.9. The Kier molecular flexibility index (Phi) is 4.39. The van der Waals surface area contributed by atoms with Crippen molar-refractivity contribution in [3.8, 4) is 22.8 Å². The molecule has 0 amide bonds. The molecule has 2 bridgehead atoms. The van der Waals surface area contributed by atoms with Gasteiger partial charge in [-0.2, -0.15) is 0 Å². The fourth-order valence-electron chi connectivity index (χ4n) is 4.63. The Morgan fingerprint density at radius 2 is 2.24 bits per heavy atom. The number of phenols is 1. The third-order valence-electron chi connectivity index (χ3n) is 5.92. The van der Waals surface area contributed by atoms with Gasteiger partial charge in [-0.15, -0.1) is 10.2 Å². The molecule has 2 fully saturated rings. The molecule has 148 valence electrons. The van der Waals surface area contributed by atoms with Crippen molar-refractivity contribution in [2.45, 2.75) is 50.6 Å². The predicted octanol–water partition coefficient (Wildman–Crippen LogP) is 3.51. The molecule has 0 saturated carbocycles. The average Bonchev–Trinajstić information content (AvgIpc) is 3.23. The lowest BCUT2D eigenvalue weighted by atomic mass is 9.75. The van der Waals surface area contributed by atoms with Gasteiger partial charge in [0.25, 0.3) is 0 Å². The molecule has 1 aromatic carbocycles. The summed E-state index contributed by atoms with van der Waals surface area (Å²) in [5.41, 5.74) is 3.76. The van der Waals surface area contributed by atoms with Gasteiger partial charge in [-0.1, -0.05) is 12.0 Å². The van der Waals surface area contributed by atoms with Gasteiger partial charge in [-0.25, -0.2) is 9.97 Å². The summed E-state index contributed by atoms with van der Waals surface area (Å²) in [5.74, 6) is 0.527. The second-order valence-electron chi connectivity index (χ2n) is 8.36. The van der Waals surface area contributed by atoms with Gasteiger partial charge in [0.05, 0.1) is 23.8 Å². The van der Waals surface area contributed by atoms with Crippen LogP contribution < -0.4 is 5.32 Å². The van der Waals surface area contributed by atoms with E-state index in [4.69, 9.17) is 0 Å². The largest absolute Gasteiger partial charge is 0.507 e. The van der Waals surface area contributed by atoms with Gasteiger partial charge in [0, 0.05) is 30.0 Å². The van der Waals surface area contributed by atoms with E-state index in [1.54, 1.807) is 30.9 Å². The van der Waals surface area contributed by atoms with Gasteiger partial charge in [0.1, 0.15) is 11.4 Å². The van der Waals surface area contributed by atoms with Crippen molar-refractivity contribution >= 4 is 6.08 Å². The summed E-state index contributed by atoms with van der Waals surface area (Å²) in [4.78, 5) is 8.47. The number of phenolic OH excluding ortho intramolecular Hbond substituents is 1. The number of piperidine rings is 2. The Bertz CT molecular complexity index is 1040. The summed E-state index contributed by atoms with van der Waals surface area (Å²) < 4.78 is 1.83. The summed E-state index contributed by atoms with van der Waals surface area (Å²) in [6, 6.07) is 5.93. The molecule has 2 N–H and O–H groups in total. The second-order valence-corrected chi connectivity index (χ2v) is 8.36. The summed E-state index contributed by atoms with van der Waals surface area (Å²) in [6.45, 7) is 2.31. The first-order chi connectivity index (χ1) is 14.1. The number of rotatable bonds is 3. The quantitative estimate of drug-likeness (QED) is 0.714. The SMILES string of the molecule is C[C@@]12CCCC(C/C(=C\c3cnc(-c4ccc(-n5ccnc5)cc4O)nn3)C1)N2. The van der Waals surface area contributed by atoms with Crippen LogP contribution in [0, 0.1) is 0 Å². The third-order valence-corrected chi connectivity index (χ3v) is 5.92. The molecule has 7 heteroatoms. The van der Waals surface area contributed by atoms with Crippen molar-refractivity contribution in [1.29, 1.82) is 0 Å². The molecule has 3 aromatic rings. The van der Waals surface area contributed by atoms with Crippen molar-refractivity contribution in [3.63, 3.8) is 0 Å². The number of fused-ring (bicyclic) bond motifs is 2. The fraction of sp³-hybridized carbons (Fsp3) is 0.364. The highest BCUT2D eigenvalue weighted by molar-refractivity contribution is 5.66. The topological polar surface area (TPSA) is 88.8 Å². The van der Waals surface area contributed by atoms with E-state index in [1.807, 2.05) is 16.8 Å². The van der Waals surface area contributed by atoms with Crippen LogP contribution in [0.1, 0.15) is 44.7 Å². The smallest absolute Gasteiger partial charge is 0.185 e. The van der Waals surface area contributed by atoms with Crippen LogP contribution in [0.3, 0.4) is 0 Å². The number of nitrogens with one attached hydrogen (secondary N) is 1. The number of hydrogen-bond acceptors (Lipinski definition) is 6. The molecule has 1 unspecified atom stereocenters. The predicted molar refractivity (Wildman–Crippen MR) is 110 cm³/mol. The van der Waals surface area contributed by atoms with E-state index in [1.165, 1.54) is 24.8 Å². The molecular formula is C22H24N6O. The maximum absolute atomic E-state index is 10.4. The number of hydrogen-bond donors (Lipinski definition) is 2. The summed E-state index contributed by atoms with van der Waals surface area (Å²) >= 11 is 0. The van der Waals surface area contributed by atoms with Gasteiger partial charge >= 0.3 is 0 Å². The van der Waals surface area contributed by atoms with Gasteiger partial charge in [-0.05, 0) is 50.8 Å². The first-order valence-corrected chi connectivity index (χ1v) is 10.1. The van der Waals surface area contributed by atoms with Crippen molar-refractivity contribution in [2.24, 2.45) is 0 Å². The lowest BCUT2D eigenvalue weighted by molar-refractivity contribution is 0.192. The van der Waals surface area contributed by atoms with Crippen LogP contribution in [-0.4, -0.2) is 41.4 Å². The molecule has 2 saturated heterocycles. The van der Waals surface area contributed by atoms with Crippen LogP contribution in [0.2, 0.25) is 0 Å². The standard InChI is InChI=1S/C22H24N6O/c1-22-6-2-3-16(25-22)9-15(12-22)10-17-13-24-21(27-26-17)19-5-4-18(11-20(19)29)28-8-7-23-14-28/h4-5,7-8,10-11,13-14,16,25,29H,2-3,6,9,12H2,1H3/b15-10+/t16?,22-/m1/s1. The van der Waals surface area contributed by atoms with Gasteiger partial charge in [-0.3, -0.25) is 0 Å². The minimum absolute atomic E-state index is 0.114. The highest BCUT2D eigenvalue weighted by Gasteiger charge is 2.36. The van der Waals surface area contributed by atoms with Crippen molar-refractivity contribution < 1.29 is 5.11 Å². The van der Waals surface area contributed by atoms with Crippen molar-refractivity contribution in [1.82, 2.24) is 30.0 Å². The van der Waals surface area contributed by atoms with Crippen molar-refractivity contribution in [2.75, 3.05) is 0 Å². The van der Waals surface area contributed by atoms with E-state index in [0.29, 0.717) is 17.4 Å². The molecule has 2 aliphatic heterocycles. The van der Waals surface area contributed by atoms with Crippen LogP contribution in [0.4, 0.5) is 0 Å². The summed E-state index contributed by atoms with van der Waals surface area (Å²) in [7, 11) is 0. The Morgan fingerprint density at radius 1 is 1.31 bits per heavy atom. The molecular weight excluding hydrogens is 364 g/mol. The van der Waals surface area contributed by atoms with Gasteiger partial charge in [0.15, 0.2) is 5.82 Å². The minimum atomic E-state index is 0.114. The van der Waals surface area contributed by atoms with Crippen LogP contribution in [0.15, 0.2) is 48.7 Å². The number of imidazole rings is 1. The van der Waals surface area contributed by atoms with E-state index in [2.05, 4.69) is 38.5 Å². The zero-order valence-electron chi connectivity index (χ0n) is 16.4. The monoisotopic (exact) mass is 388 g/mol. The highest BCUT2D eigenvalue weighted by Crippen LogP contribution is 2.37. The van der Waals surface area contributed by atoms with Crippen LogP contribution >= 0.6 is 0 Å². The maximum atomic E-state index is 10.4. The average molecular weight is 388 g/mol. The lowest BCUT2D eigenvalue weighted by Gasteiger charge is -2.45. The fourth-order valence-corrected chi connectivity index (χ4v) is 4.63. The number of aromatic hydroxyl groups is 1. The zero-order chi connectivity index (χ0) is 19.8. The molecule has 2 aliphatic rings. The number of benzene rings is 1. The van der Waals surface area contributed by atoms with E-state index < -0.39 is 0 Å². The first-order valence-electron chi connectivity index (χ1n) is 10.1. The molecule has 4 heterocycles. The molecule has 0 aliphatic carbocycles. The Balaban J connectivity index is 1.37. The van der Waals surface area contributed by atoms with Gasteiger partial charge in [0.2, 0.25) is 0 Å². The first kappa shape index (κ1) is 18.0. The number of nitrogens with zero attached hydrogens (tertiary/aromatic N) is 5. The van der Waals surface area contributed by atoms with Crippen LogP contribution in [-0.2, 0) is 0 Å². The Morgan fingerprint density at radius 3 is 2.97 bits per heavy atom. The normalized spacial score (nSPS) is 25.3. The van der Waals surface area contributed by atoms with Gasteiger partial charge < -0.3 is 15.0 Å². The third kappa shape index (κ3) is 3.65. The molecule has 2 aromatic heterocycles.